The van der Waals surface area contributed by atoms with Crippen molar-refractivity contribution in [2.75, 3.05) is 20.6 Å². The zero-order valence-corrected chi connectivity index (χ0v) is 6.79. The maximum atomic E-state index is 11.1. The first-order valence-electron chi connectivity index (χ1n) is 3.64. The number of hydrogen-bond acceptors (Lipinski definition) is 1. The van der Waals surface area contributed by atoms with Crippen molar-refractivity contribution in [2.45, 2.75) is 19.4 Å². The molecule has 3 nitrogen and oxygen atoms in total. The molecule has 0 aliphatic carbocycles. The minimum absolute atomic E-state index is 0.145. The van der Waals surface area contributed by atoms with Crippen LogP contribution in [0.3, 0.4) is 0 Å². The Labute approximate surface area is 61.6 Å². The molecule has 0 N–H and O–H groups in total. The van der Waals surface area contributed by atoms with Crippen LogP contribution >= 0.6 is 0 Å². The molecule has 0 aromatic carbocycles. The lowest BCUT2D eigenvalue weighted by molar-refractivity contribution is 0.201. The lowest BCUT2D eigenvalue weighted by Crippen LogP contribution is -2.29. The van der Waals surface area contributed by atoms with E-state index in [4.69, 9.17) is 0 Å². The first-order valence-corrected chi connectivity index (χ1v) is 3.64. The molecule has 2 amide bonds. The molecule has 0 bridgehead atoms. The van der Waals surface area contributed by atoms with Crippen molar-refractivity contribution < 1.29 is 4.79 Å². The van der Waals surface area contributed by atoms with Gasteiger partial charge in [0, 0.05) is 20.6 Å². The molecule has 0 aromatic rings. The standard InChI is InChI=1S/C7H14N2O/c1-4-6-5-8(2)7(10)9(6)3/h6H,4-5H2,1-3H3. The topological polar surface area (TPSA) is 23.6 Å². The second-order valence-corrected chi connectivity index (χ2v) is 2.84. The molecule has 58 valence electrons. The molecule has 0 spiro atoms. The van der Waals surface area contributed by atoms with Gasteiger partial charge in [0.15, 0.2) is 0 Å². The van der Waals surface area contributed by atoms with Crippen molar-refractivity contribution in [3.8, 4) is 0 Å². The van der Waals surface area contributed by atoms with Crippen LogP contribution in [0.5, 0.6) is 0 Å². The van der Waals surface area contributed by atoms with Gasteiger partial charge in [0.25, 0.3) is 0 Å². The monoisotopic (exact) mass is 142 g/mol. The van der Waals surface area contributed by atoms with Crippen molar-refractivity contribution in [2.24, 2.45) is 0 Å². The predicted molar refractivity (Wildman–Crippen MR) is 39.9 cm³/mol. The van der Waals surface area contributed by atoms with E-state index in [1.165, 1.54) is 0 Å². The minimum Gasteiger partial charge on any atom is -0.326 e. The van der Waals surface area contributed by atoms with Gasteiger partial charge in [0.2, 0.25) is 0 Å². The largest absolute Gasteiger partial charge is 0.326 e. The van der Waals surface area contributed by atoms with E-state index < -0.39 is 0 Å². The molecule has 10 heavy (non-hydrogen) atoms. The van der Waals surface area contributed by atoms with Crippen molar-refractivity contribution in [1.82, 2.24) is 9.80 Å². The summed E-state index contributed by atoms with van der Waals surface area (Å²) in [6, 6.07) is 0.573. The van der Waals surface area contributed by atoms with Gasteiger partial charge in [-0.15, -0.1) is 0 Å². The molecule has 0 radical (unpaired) electrons. The number of likely N-dealkylation sites (N-methyl/N-ethyl adjacent to an activating group) is 2. The van der Waals surface area contributed by atoms with Gasteiger partial charge in [0.05, 0.1) is 6.04 Å². The second kappa shape index (κ2) is 2.48. The van der Waals surface area contributed by atoms with Gasteiger partial charge in [-0.3, -0.25) is 0 Å². The lowest BCUT2D eigenvalue weighted by Gasteiger charge is -2.14. The molecule has 1 aliphatic heterocycles. The number of rotatable bonds is 1. The van der Waals surface area contributed by atoms with E-state index in [1.807, 2.05) is 14.1 Å². The Morgan fingerprint density at radius 3 is 2.40 bits per heavy atom. The summed E-state index contributed by atoms with van der Waals surface area (Å²) >= 11 is 0. The van der Waals surface area contributed by atoms with E-state index >= 15 is 0 Å². The minimum atomic E-state index is 0.145. The maximum Gasteiger partial charge on any atom is 0.319 e. The summed E-state index contributed by atoms with van der Waals surface area (Å²) in [5.41, 5.74) is 0. The van der Waals surface area contributed by atoms with Crippen LogP contribution in [0.1, 0.15) is 13.3 Å². The van der Waals surface area contributed by atoms with E-state index in [9.17, 15) is 4.79 Å². The highest BCUT2D eigenvalue weighted by atomic mass is 16.2. The molecule has 1 saturated heterocycles. The zero-order valence-electron chi connectivity index (χ0n) is 6.79. The summed E-state index contributed by atoms with van der Waals surface area (Å²) < 4.78 is 0. The van der Waals surface area contributed by atoms with Crippen LogP contribution in [0.2, 0.25) is 0 Å². The summed E-state index contributed by atoms with van der Waals surface area (Å²) in [6.07, 6.45) is 1.05. The molecule has 0 aromatic heterocycles. The van der Waals surface area contributed by atoms with Crippen LogP contribution < -0.4 is 0 Å². The number of amides is 2. The van der Waals surface area contributed by atoms with Crippen molar-refractivity contribution in [3.63, 3.8) is 0 Å². The van der Waals surface area contributed by atoms with Crippen molar-refractivity contribution >= 4 is 6.03 Å². The van der Waals surface area contributed by atoms with Gasteiger partial charge in [-0.05, 0) is 6.42 Å². The van der Waals surface area contributed by atoms with Gasteiger partial charge in [0.1, 0.15) is 0 Å². The van der Waals surface area contributed by atoms with E-state index in [2.05, 4.69) is 6.92 Å². The average molecular weight is 142 g/mol. The Hall–Kier alpha value is -0.730. The third kappa shape index (κ3) is 0.958. The number of hydrogen-bond donors (Lipinski definition) is 0. The molecule has 0 saturated carbocycles. The van der Waals surface area contributed by atoms with E-state index in [0.29, 0.717) is 6.04 Å². The van der Waals surface area contributed by atoms with Gasteiger partial charge < -0.3 is 9.80 Å². The first-order chi connectivity index (χ1) is 4.66. The Morgan fingerprint density at radius 1 is 1.60 bits per heavy atom. The molecule has 1 aliphatic rings. The van der Waals surface area contributed by atoms with Gasteiger partial charge in [-0.25, -0.2) is 4.79 Å². The highest BCUT2D eigenvalue weighted by Crippen LogP contribution is 2.13. The lowest BCUT2D eigenvalue weighted by atomic mass is 10.2. The fraction of sp³-hybridized carbons (Fsp3) is 0.857. The highest BCUT2D eigenvalue weighted by molar-refractivity contribution is 5.76. The van der Waals surface area contributed by atoms with E-state index in [1.54, 1.807) is 9.80 Å². The van der Waals surface area contributed by atoms with Crippen LogP contribution in [0, 0.1) is 0 Å². The molecule has 1 fully saturated rings. The zero-order chi connectivity index (χ0) is 7.72. The second-order valence-electron chi connectivity index (χ2n) is 2.84. The van der Waals surface area contributed by atoms with Crippen LogP contribution in [0.4, 0.5) is 4.79 Å². The molecule has 3 heteroatoms. The normalized spacial score (nSPS) is 26.3. The number of nitrogens with zero attached hydrogens (tertiary/aromatic N) is 2. The Kier molecular flexibility index (Phi) is 1.83. The molecular weight excluding hydrogens is 128 g/mol. The van der Waals surface area contributed by atoms with Crippen molar-refractivity contribution in [3.05, 3.63) is 0 Å². The fourth-order valence-electron chi connectivity index (χ4n) is 1.35. The molecule has 1 heterocycles. The van der Waals surface area contributed by atoms with Crippen LogP contribution in [0.25, 0.3) is 0 Å². The van der Waals surface area contributed by atoms with Crippen molar-refractivity contribution in [1.29, 1.82) is 0 Å². The first kappa shape index (κ1) is 7.38. The SMILES string of the molecule is CCC1CN(C)C(=O)N1C. The van der Waals surface area contributed by atoms with Gasteiger partial charge in [-0.1, -0.05) is 6.92 Å². The highest BCUT2D eigenvalue weighted by Gasteiger charge is 2.30. The predicted octanol–water partition coefficient (Wildman–Crippen LogP) is 0.762. The summed E-state index contributed by atoms with van der Waals surface area (Å²) in [7, 11) is 3.70. The summed E-state index contributed by atoms with van der Waals surface area (Å²) in [5, 5.41) is 0. The third-order valence-electron chi connectivity index (χ3n) is 2.13. The summed E-state index contributed by atoms with van der Waals surface area (Å²) in [6.45, 7) is 2.99. The van der Waals surface area contributed by atoms with Gasteiger partial charge in [-0.2, -0.15) is 0 Å². The van der Waals surface area contributed by atoms with Gasteiger partial charge >= 0.3 is 6.03 Å². The molecule has 1 atom stereocenters. The molecule has 1 unspecified atom stereocenters. The Morgan fingerprint density at radius 2 is 2.20 bits per heavy atom. The van der Waals surface area contributed by atoms with Crippen LogP contribution in [-0.2, 0) is 0 Å². The van der Waals surface area contributed by atoms with Crippen LogP contribution in [-0.4, -0.2) is 42.5 Å². The average Bonchev–Trinajstić information content (AvgIpc) is 2.17. The maximum absolute atomic E-state index is 11.1. The number of urea groups is 1. The quantitative estimate of drug-likeness (QED) is 0.530. The third-order valence-corrected chi connectivity index (χ3v) is 2.13. The van der Waals surface area contributed by atoms with Crippen LogP contribution in [0.15, 0.2) is 0 Å². The fourth-order valence-corrected chi connectivity index (χ4v) is 1.35. The number of carbonyl (C=O) groups excluding carboxylic acids is 1. The van der Waals surface area contributed by atoms with E-state index in [-0.39, 0.29) is 6.03 Å². The number of carbonyl (C=O) groups is 1. The summed E-state index contributed by atoms with van der Waals surface area (Å²) in [5.74, 6) is 0. The summed E-state index contributed by atoms with van der Waals surface area (Å²) in [4.78, 5) is 14.7. The molecule has 1 rings (SSSR count). The molecular formula is C7H14N2O. The Bertz CT molecular complexity index is 147. The Balaban J connectivity index is 2.61. The van der Waals surface area contributed by atoms with E-state index in [0.717, 1.165) is 13.0 Å². The smallest absolute Gasteiger partial charge is 0.319 e.